The van der Waals surface area contributed by atoms with E-state index in [1.165, 1.54) is 12.1 Å². The van der Waals surface area contributed by atoms with Crippen molar-refractivity contribution in [3.05, 3.63) is 29.0 Å². The maximum Gasteiger partial charge on any atom is 0.145 e. The number of ether oxygens (including phenoxy) is 1. The maximum absolute atomic E-state index is 13.1. The Morgan fingerprint density at radius 2 is 2.00 bits per heavy atom. The highest BCUT2D eigenvalue weighted by molar-refractivity contribution is 6.30. The number of halogens is 2. The maximum atomic E-state index is 13.1. The summed E-state index contributed by atoms with van der Waals surface area (Å²) in [7, 11) is 0. The average Bonchev–Trinajstić information content (AvgIpc) is 2.42. The van der Waals surface area contributed by atoms with Crippen LogP contribution in [0.2, 0.25) is 5.02 Å². The molecule has 1 aromatic carbocycles. The van der Waals surface area contributed by atoms with E-state index in [0.29, 0.717) is 12.4 Å². The van der Waals surface area contributed by atoms with Gasteiger partial charge in [-0.25, -0.2) is 4.39 Å². The van der Waals surface area contributed by atoms with Gasteiger partial charge in [0.25, 0.3) is 0 Å². The van der Waals surface area contributed by atoms with E-state index in [0.717, 1.165) is 32.7 Å². The zero-order valence-electron chi connectivity index (χ0n) is 11.6. The molecule has 0 aliphatic rings. The van der Waals surface area contributed by atoms with E-state index in [2.05, 4.69) is 24.1 Å². The molecule has 0 aliphatic heterocycles. The first-order valence-electron chi connectivity index (χ1n) is 6.68. The third-order valence-electron chi connectivity index (χ3n) is 2.94. The average molecular weight is 289 g/mol. The fourth-order valence-corrected chi connectivity index (χ4v) is 1.83. The lowest BCUT2D eigenvalue weighted by Gasteiger charge is -2.18. The Labute approximate surface area is 119 Å². The Kier molecular flexibility index (Phi) is 7.79. The minimum atomic E-state index is -0.450. The van der Waals surface area contributed by atoms with E-state index in [1.807, 2.05) is 0 Å². The molecule has 0 aliphatic carbocycles. The van der Waals surface area contributed by atoms with Crippen LogP contribution in [-0.2, 0) is 0 Å². The molecule has 1 rings (SSSR count). The number of nitrogens with zero attached hydrogens (tertiary/aromatic N) is 1. The van der Waals surface area contributed by atoms with E-state index in [1.54, 1.807) is 6.07 Å². The Hall–Kier alpha value is -0.840. The number of rotatable bonds is 9. The number of hydrogen-bond acceptors (Lipinski definition) is 3. The van der Waals surface area contributed by atoms with Crippen molar-refractivity contribution in [3.8, 4) is 5.75 Å². The highest BCUT2D eigenvalue weighted by Gasteiger charge is 2.01. The molecular weight excluding hydrogens is 267 g/mol. The zero-order valence-corrected chi connectivity index (χ0v) is 12.3. The van der Waals surface area contributed by atoms with Crippen molar-refractivity contribution < 1.29 is 9.13 Å². The molecule has 0 unspecified atom stereocenters. The number of benzene rings is 1. The first-order chi connectivity index (χ1) is 9.17. The molecule has 1 aromatic rings. The van der Waals surface area contributed by atoms with Crippen molar-refractivity contribution in [1.82, 2.24) is 10.2 Å². The molecule has 0 aromatic heterocycles. The summed E-state index contributed by atoms with van der Waals surface area (Å²) in [5.74, 6) is 0.0566. The molecule has 0 radical (unpaired) electrons. The zero-order chi connectivity index (χ0) is 14.1. The lowest BCUT2D eigenvalue weighted by atomic mass is 10.3. The molecule has 0 atom stereocenters. The minimum Gasteiger partial charge on any atom is -0.492 e. The molecule has 5 heteroatoms. The van der Waals surface area contributed by atoms with E-state index in [-0.39, 0.29) is 5.02 Å². The van der Waals surface area contributed by atoms with Gasteiger partial charge in [-0.1, -0.05) is 25.4 Å². The van der Waals surface area contributed by atoms with E-state index < -0.39 is 5.82 Å². The van der Waals surface area contributed by atoms with Crippen molar-refractivity contribution in [2.45, 2.75) is 13.8 Å². The molecule has 0 spiro atoms. The van der Waals surface area contributed by atoms with Crippen LogP contribution >= 0.6 is 11.6 Å². The normalized spacial score (nSPS) is 11.0. The van der Waals surface area contributed by atoms with Gasteiger partial charge < -0.3 is 15.0 Å². The summed E-state index contributed by atoms with van der Waals surface area (Å²) < 4.78 is 18.6. The minimum absolute atomic E-state index is 0.115. The van der Waals surface area contributed by atoms with Crippen LogP contribution in [0.1, 0.15) is 13.8 Å². The second-order valence-corrected chi connectivity index (χ2v) is 4.61. The van der Waals surface area contributed by atoms with Crippen molar-refractivity contribution in [2.75, 3.05) is 39.3 Å². The predicted molar refractivity (Wildman–Crippen MR) is 77.6 cm³/mol. The molecule has 0 saturated heterocycles. The first-order valence-corrected chi connectivity index (χ1v) is 7.06. The standard InChI is InChI=1S/C14H22ClFN2O/c1-3-18(4-2)9-7-17-8-10-19-12-5-6-13(15)14(16)11-12/h5-6,11,17H,3-4,7-10H2,1-2H3. The van der Waals surface area contributed by atoms with Gasteiger partial charge in [0.2, 0.25) is 0 Å². The van der Waals surface area contributed by atoms with Gasteiger partial charge in [-0.15, -0.1) is 0 Å². The van der Waals surface area contributed by atoms with Crippen LogP contribution in [0.25, 0.3) is 0 Å². The topological polar surface area (TPSA) is 24.5 Å². The van der Waals surface area contributed by atoms with Crippen LogP contribution in [0, 0.1) is 5.82 Å². The molecule has 19 heavy (non-hydrogen) atoms. The molecule has 0 bridgehead atoms. The molecule has 3 nitrogen and oxygen atoms in total. The monoisotopic (exact) mass is 288 g/mol. The van der Waals surface area contributed by atoms with Crippen molar-refractivity contribution >= 4 is 11.6 Å². The Morgan fingerprint density at radius 1 is 1.26 bits per heavy atom. The highest BCUT2D eigenvalue weighted by atomic mass is 35.5. The molecule has 0 fully saturated rings. The molecule has 0 heterocycles. The van der Waals surface area contributed by atoms with Gasteiger partial charge >= 0.3 is 0 Å². The van der Waals surface area contributed by atoms with Crippen LogP contribution in [0.5, 0.6) is 5.75 Å². The Bertz CT molecular complexity index is 372. The number of nitrogens with one attached hydrogen (secondary N) is 1. The van der Waals surface area contributed by atoms with Gasteiger partial charge in [-0.05, 0) is 25.2 Å². The number of likely N-dealkylation sites (N-methyl/N-ethyl adjacent to an activating group) is 1. The van der Waals surface area contributed by atoms with Crippen LogP contribution in [0.3, 0.4) is 0 Å². The second kappa shape index (κ2) is 9.13. The summed E-state index contributed by atoms with van der Waals surface area (Å²) in [4.78, 5) is 2.35. The van der Waals surface area contributed by atoms with Gasteiger partial charge in [-0.2, -0.15) is 0 Å². The first kappa shape index (κ1) is 16.2. The van der Waals surface area contributed by atoms with Crippen LogP contribution in [-0.4, -0.2) is 44.2 Å². The highest BCUT2D eigenvalue weighted by Crippen LogP contribution is 2.20. The quantitative estimate of drug-likeness (QED) is 0.707. The summed E-state index contributed by atoms with van der Waals surface area (Å²) in [5.41, 5.74) is 0. The van der Waals surface area contributed by atoms with Crippen molar-refractivity contribution in [1.29, 1.82) is 0 Å². The molecule has 0 saturated carbocycles. The fraction of sp³-hybridized carbons (Fsp3) is 0.571. The summed E-state index contributed by atoms with van der Waals surface area (Å²) in [5, 5.41) is 3.41. The Morgan fingerprint density at radius 3 is 2.63 bits per heavy atom. The smallest absolute Gasteiger partial charge is 0.145 e. The summed E-state index contributed by atoms with van der Waals surface area (Å²) in [6.07, 6.45) is 0. The molecule has 108 valence electrons. The molecular formula is C14H22ClFN2O. The summed E-state index contributed by atoms with van der Waals surface area (Å²) >= 11 is 5.59. The molecule has 0 amide bonds. The third-order valence-corrected chi connectivity index (χ3v) is 3.24. The van der Waals surface area contributed by atoms with Gasteiger partial charge in [0.15, 0.2) is 0 Å². The third kappa shape index (κ3) is 6.23. The molecule has 1 N–H and O–H groups in total. The second-order valence-electron chi connectivity index (χ2n) is 4.20. The van der Waals surface area contributed by atoms with Crippen molar-refractivity contribution in [2.24, 2.45) is 0 Å². The lowest BCUT2D eigenvalue weighted by Crippen LogP contribution is -2.33. The van der Waals surface area contributed by atoms with E-state index in [9.17, 15) is 4.39 Å². The van der Waals surface area contributed by atoms with Gasteiger partial charge in [-0.3, -0.25) is 0 Å². The largest absolute Gasteiger partial charge is 0.492 e. The van der Waals surface area contributed by atoms with Gasteiger partial charge in [0, 0.05) is 25.7 Å². The summed E-state index contributed by atoms with van der Waals surface area (Å²) in [6, 6.07) is 4.47. The van der Waals surface area contributed by atoms with Crippen molar-refractivity contribution in [3.63, 3.8) is 0 Å². The van der Waals surface area contributed by atoms with Crippen LogP contribution < -0.4 is 10.1 Å². The fourth-order valence-electron chi connectivity index (χ4n) is 1.71. The van der Waals surface area contributed by atoms with Crippen LogP contribution in [0.4, 0.5) is 4.39 Å². The number of hydrogen-bond donors (Lipinski definition) is 1. The Balaban J connectivity index is 2.12. The predicted octanol–water partition coefficient (Wildman–Crippen LogP) is 2.79. The van der Waals surface area contributed by atoms with E-state index in [4.69, 9.17) is 16.3 Å². The van der Waals surface area contributed by atoms with Gasteiger partial charge in [0.1, 0.15) is 18.2 Å². The summed E-state index contributed by atoms with van der Waals surface area (Å²) in [6.45, 7) is 9.66. The SMILES string of the molecule is CCN(CC)CCNCCOc1ccc(Cl)c(F)c1. The van der Waals surface area contributed by atoms with Gasteiger partial charge in [0.05, 0.1) is 5.02 Å². The van der Waals surface area contributed by atoms with E-state index >= 15 is 0 Å². The lowest BCUT2D eigenvalue weighted by molar-refractivity contribution is 0.285. The van der Waals surface area contributed by atoms with Crippen LogP contribution in [0.15, 0.2) is 18.2 Å².